The van der Waals surface area contributed by atoms with Crippen LogP contribution in [0.15, 0.2) is 47.0 Å². The number of rotatable bonds is 4. The monoisotopic (exact) mass is 246 g/mol. The summed E-state index contributed by atoms with van der Waals surface area (Å²) < 4.78 is 0. The van der Waals surface area contributed by atoms with E-state index in [1.807, 2.05) is 25.3 Å². The van der Waals surface area contributed by atoms with Gasteiger partial charge in [0.1, 0.15) is 16.4 Å². The molecule has 2 N–H and O–H groups in total. The first-order valence-electron chi connectivity index (χ1n) is 5.38. The Hall–Kier alpha value is -1.46. The van der Waals surface area contributed by atoms with Crippen molar-refractivity contribution in [1.82, 2.24) is 15.0 Å². The van der Waals surface area contributed by atoms with E-state index in [9.17, 15) is 0 Å². The van der Waals surface area contributed by atoms with Crippen molar-refractivity contribution in [2.75, 3.05) is 0 Å². The summed E-state index contributed by atoms with van der Waals surface area (Å²) in [6, 6.07) is 6.07. The molecule has 2 heterocycles. The van der Waals surface area contributed by atoms with Gasteiger partial charge in [0.25, 0.3) is 0 Å². The van der Waals surface area contributed by atoms with Crippen LogP contribution in [0.5, 0.6) is 0 Å². The van der Waals surface area contributed by atoms with Crippen LogP contribution >= 0.6 is 11.8 Å². The first-order chi connectivity index (χ1) is 8.24. The fraction of sp³-hybridized carbons (Fsp3) is 0.250. The molecule has 0 saturated carbocycles. The molecule has 5 heteroatoms. The summed E-state index contributed by atoms with van der Waals surface area (Å²) in [5.41, 5.74) is 6.90. The minimum absolute atomic E-state index is 0.164. The number of aromatic nitrogens is 3. The van der Waals surface area contributed by atoms with E-state index >= 15 is 0 Å². The third kappa shape index (κ3) is 3.80. The maximum absolute atomic E-state index is 5.74. The quantitative estimate of drug-likeness (QED) is 0.835. The van der Waals surface area contributed by atoms with Gasteiger partial charge < -0.3 is 5.73 Å². The second-order valence-corrected chi connectivity index (χ2v) is 4.88. The van der Waals surface area contributed by atoms with E-state index in [-0.39, 0.29) is 6.04 Å². The number of hydrogen-bond donors (Lipinski definition) is 1. The summed E-state index contributed by atoms with van der Waals surface area (Å²) in [4.78, 5) is 12.4. The zero-order valence-corrected chi connectivity index (χ0v) is 10.4. The summed E-state index contributed by atoms with van der Waals surface area (Å²) in [6.45, 7) is 1.99. The number of pyridine rings is 1. The highest BCUT2D eigenvalue weighted by Crippen LogP contribution is 2.23. The number of nitrogens with zero attached hydrogens (tertiary/aromatic N) is 3. The molecule has 4 nitrogen and oxygen atoms in total. The molecule has 0 saturated heterocycles. The molecule has 17 heavy (non-hydrogen) atoms. The van der Waals surface area contributed by atoms with Crippen LogP contribution < -0.4 is 5.73 Å². The van der Waals surface area contributed by atoms with Crippen LogP contribution in [0, 0.1) is 0 Å². The zero-order chi connectivity index (χ0) is 12.1. The van der Waals surface area contributed by atoms with Crippen LogP contribution in [0.2, 0.25) is 0 Å². The third-order valence-corrected chi connectivity index (χ3v) is 3.02. The van der Waals surface area contributed by atoms with E-state index < -0.39 is 0 Å². The summed E-state index contributed by atoms with van der Waals surface area (Å²) in [6.07, 6.45) is 5.98. The smallest absolute Gasteiger partial charge is 0.116 e. The molecule has 0 amide bonds. The zero-order valence-electron chi connectivity index (χ0n) is 9.58. The molecule has 0 radical (unpaired) electrons. The molecule has 0 aliphatic rings. The van der Waals surface area contributed by atoms with Crippen molar-refractivity contribution in [2.24, 2.45) is 5.73 Å². The SMILES string of the molecule is CC(N)Cc1ccc(Sc2ccncn2)nc1. The minimum atomic E-state index is 0.164. The fourth-order valence-electron chi connectivity index (χ4n) is 1.41. The fourth-order valence-corrected chi connectivity index (χ4v) is 2.09. The lowest BCUT2D eigenvalue weighted by molar-refractivity contribution is 0.734. The highest BCUT2D eigenvalue weighted by atomic mass is 32.2. The van der Waals surface area contributed by atoms with Gasteiger partial charge in [0, 0.05) is 18.4 Å². The van der Waals surface area contributed by atoms with Crippen molar-refractivity contribution < 1.29 is 0 Å². The maximum atomic E-state index is 5.74. The first-order valence-corrected chi connectivity index (χ1v) is 6.20. The Balaban J connectivity index is 2.03. The lowest BCUT2D eigenvalue weighted by atomic mass is 10.1. The maximum Gasteiger partial charge on any atom is 0.116 e. The normalized spacial score (nSPS) is 12.4. The third-order valence-electron chi connectivity index (χ3n) is 2.12. The van der Waals surface area contributed by atoms with Crippen molar-refractivity contribution in [2.45, 2.75) is 29.4 Å². The van der Waals surface area contributed by atoms with Crippen LogP contribution in [0.25, 0.3) is 0 Å². The standard InChI is InChI=1S/C12H14N4S/c1-9(13)6-10-2-3-11(15-7-10)17-12-4-5-14-8-16-12/h2-5,7-9H,6,13H2,1H3. The molecule has 0 spiro atoms. The molecular weight excluding hydrogens is 232 g/mol. The Kier molecular flexibility index (Phi) is 4.06. The predicted molar refractivity (Wildman–Crippen MR) is 67.7 cm³/mol. The van der Waals surface area contributed by atoms with E-state index in [1.54, 1.807) is 6.20 Å². The summed E-state index contributed by atoms with van der Waals surface area (Å²) in [7, 11) is 0. The van der Waals surface area contributed by atoms with Crippen molar-refractivity contribution in [3.05, 3.63) is 42.5 Å². The lowest BCUT2D eigenvalue weighted by Crippen LogP contribution is -2.17. The van der Waals surface area contributed by atoms with Crippen molar-refractivity contribution in [3.63, 3.8) is 0 Å². The van der Waals surface area contributed by atoms with Gasteiger partial charge in [-0.1, -0.05) is 6.07 Å². The molecule has 2 aromatic heterocycles. The molecular formula is C12H14N4S. The highest BCUT2D eigenvalue weighted by molar-refractivity contribution is 7.99. The Bertz CT molecular complexity index is 456. The van der Waals surface area contributed by atoms with Crippen LogP contribution in [-0.2, 0) is 6.42 Å². The van der Waals surface area contributed by atoms with Crippen molar-refractivity contribution in [3.8, 4) is 0 Å². The van der Waals surface area contributed by atoms with Crippen LogP contribution in [-0.4, -0.2) is 21.0 Å². The molecule has 2 aromatic rings. The van der Waals surface area contributed by atoms with Gasteiger partial charge in [0.05, 0.1) is 0 Å². The van der Waals surface area contributed by atoms with Crippen LogP contribution in [0.1, 0.15) is 12.5 Å². The molecule has 1 atom stereocenters. The van der Waals surface area contributed by atoms with E-state index in [1.165, 1.54) is 18.1 Å². The van der Waals surface area contributed by atoms with Gasteiger partial charge in [0.2, 0.25) is 0 Å². The van der Waals surface area contributed by atoms with Crippen molar-refractivity contribution >= 4 is 11.8 Å². The van der Waals surface area contributed by atoms with Gasteiger partial charge in [-0.2, -0.15) is 0 Å². The largest absolute Gasteiger partial charge is 0.328 e. The van der Waals surface area contributed by atoms with Gasteiger partial charge in [-0.15, -0.1) is 0 Å². The number of hydrogen-bond acceptors (Lipinski definition) is 5. The van der Waals surface area contributed by atoms with E-state index in [0.717, 1.165) is 22.0 Å². The second-order valence-electron chi connectivity index (χ2n) is 3.84. The van der Waals surface area contributed by atoms with E-state index in [4.69, 9.17) is 5.73 Å². The molecule has 2 rings (SSSR count). The Morgan fingerprint density at radius 3 is 2.65 bits per heavy atom. The van der Waals surface area contributed by atoms with E-state index in [0.29, 0.717) is 0 Å². The summed E-state index contributed by atoms with van der Waals surface area (Å²) in [5.74, 6) is 0. The Labute approximate surface area is 105 Å². The minimum Gasteiger partial charge on any atom is -0.328 e. The lowest BCUT2D eigenvalue weighted by Gasteiger charge is -2.05. The second kappa shape index (κ2) is 5.75. The molecule has 0 bridgehead atoms. The van der Waals surface area contributed by atoms with Crippen molar-refractivity contribution in [1.29, 1.82) is 0 Å². The molecule has 0 aliphatic heterocycles. The summed E-state index contributed by atoms with van der Waals surface area (Å²) >= 11 is 1.52. The predicted octanol–water partition coefficient (Wildman–Crippen LogP) is 1.91. The van der Waals surface area contributed by atoms with Gasteiger partial charge in [0.15, 0.2) is 0 Å². The topological polar surface area (TPSA) is 64.7 Å². The number of nitrogens with two attached hydrogens (primary N) is 1. The van der Waals surface area contributed by atoms with Gasteiger partial charge in [-0.05, 0) is 42.8 Å². The highest BCUT2D eigenvalue weighted by Gasteiger charge is 2.01. The van der Waals surface area contributed by atoms with Gasteiger partial charge in [-0.25, -0.2) is 15.0 Å². The van der Waals surface area contributed by atoms with E-state index in [2.05, 4.69) is 21.0 Å². The van der Waals surface area contributed by atoms with Crippen LogP contribution in [0.3, 0.4) is 0 Å². The average Bonchev–Trinajstić information content (AvgIpc) is 2.32. The molecule has 0 aromatic carbocycles. The average molecular weight is 246 g/mol. The molecule has 88 valence electrons. The van der Waals surface area contributed by atoms with Gasteiger partial charge in [-0.3, -0.25) is 0 Å². The summed E-state index contributed by atoms with van der Waals surface area (Å²) in [5, 5.41) is 1.82. The first kappa shape index (κ1) is 12.0. The van der Waals surface area contributed by atoms with Crippen LogP contribution in [0.4, 0.5) is 0 Å². The molecule has 0 aliphatic carbocycles. The Morgan fingerprint density at radius 2 is 2.06 bits per heavy atom. The Morgan fingerprint density at radius 1 is 1.24 bits per heavy atom. The molecule has 0 fully saturated rings. The molecule has 1 unspecified atom stereocenters. The van der Waals surface area contributed by atoms with Gasteiger partial charge >= 0.3 is 0 Å².